The van der Waals surface area contributed by atoms with Crippen molar-refractivity contribution in [3.05, 3.63) is 191 Å². The summed E-state index contributed by atoms with van der Waals surface area (Å²) in [6, 6.07) is 54.0. The first-order valence-corrected chi connectivity index (χ1v) is 21.6. The number of benzene rings is 7. The molecule has 0 radical (unpaired) electrons. The quantitative estimate of drug-likeness (QED) is 0.166. The third-order valence-electron chi connectivity index (χ3n) is 13.3. The van der Waals surface area contributed by atoms with Crippen molar-refractivity contribution in [3.8, 4) is 17.1 Å². The van der Waals surface area contributed by atoms with Crippen LogP contribution in [0.5, 0.6) is 0 Å². The van der Waals surface area contributed by atoms with Crippen LogP contribution in [0.15, 0.2) is 158 Å². The van der Waals surface area contributed by atoms with Gasteiger partial charge in [-0.3, -0.25) is 9.55 Å². The van der Waals surface area contributed by atoms with Crippen molar-refractivity contribution >= 4 is 89.8 Å². The molecule has 62 heavy (non-hydrogen) atoms. The van der Waals surface area contributed by atoms with Gasteiger partial charge in [-0.1, -0.05) is 102 Å². The normalized spacial score (nSPS) is 12.9. The van der Waals surface area contributed by atoms with Gasteiger partial charge < -0.3 is 9.80 Å². The molecular weight excluding hydrogens is 753 g/mol. The third-order valence-corrected chi connectivity index (χ3v) is 13.3. The minimum Gasteiger partial charge on any atom is -0.311 e. The van der Waals surface area contributed by atoms with Crippen molar-refractivity contribution in [1.82, 2.24) is 14.5 Å². The van der Waals surface area contributed by atoms with E-state index in [2.05, 4.69) is 195 Å². The van der Waals surface area contributed by atoms with E-state index in [0.717, 1.165) is 33.5 Å². The zero-order valence-corrected chi connectivity index (χ0v) is 35.8. The Balaban J connectivity index is 1.24. The fourth-order valence-corrected chi connectivity index (χ4v) is 11.2. The summed E-state index contributed by atoms with van der Waals surface area (Å²) < 4.78 is 2.35. The highest BCUT2D eigenvalue weighted by molar-refractivity contribution is 7.00. The Bertz CT molecular complexity index is 3460. The molecule has 5 nitrogen and oxygen atoms in total. The minimum absolute atomic E-state index is 0.0923. The minimum atomic E-state index is -0.0923. The van der Waals surface area contributed by atoms with Crippen LogP contribution in [0.3, 0.4) is 0 Å². The smallest absolute Gasteiger partial charge is 0.252 e. The van der Waals surface area contributed by atoms with Crippen molar-refractivity contribution < 1.29 is 0 Å². The summed E-state index contributed by atoms with van der Waals surface area (Å²) in [5.74, 6) is 0.905. The lowest BCUT2D eigenvalue weighted by Crippen LogP contribution is -2.61. The molecule has 2 aliphatic heterocycles. The number of hydrogen-bond donors (Lipinski definition) is 0. The van der Waals surface area contributed by atoms with Gasteiger partial charge in [-0.2, -0.15) is 0 Å². The molecule has 0 saturated heterocycles. The first kappa shape index (κ1) is 36.4. The van der Waals surface area contributed by atoms with E-state index in [1.807, 2.05) is 18.5 Å². The summed E-state index contributed by atoms with van der Waals surface area (Å²) >= 11 is 0. The van der Waals surface area contributed by atoms with Gasteiger partial charge >= 0.3 is 0 Å². The number of hydrogen-bond acceptors (Lipinski definition) is 4. The monoisotopic (exact) mass is 797 g/mol. The molecule has 6 heteroatoms. The topological polar surface area (TPSA) is 37.2 Å². The molecule has 12 rings (SSSR count). The predicted octanol–water partition coefficient (Wildman–Crippen LogP) is 12.3. The second-order valence-electron chi connectivity index (χ2n) is 17.4. The lowest BCUT2D eigenvalue weighted by molar-refractivity contribution is 1.08. The van der Waals surface area contributed by atoms with E-state index in [0.29, 0.717) is 0 Å². The Kier molecular flexibility index (Phi) is 7.95. The summed E-state index contributed by atoms with van der Waals surface area (Å²) in [6.07, 6.45) is 3.84. The highest BCUT2D eigenvalue weighted by Crippen LogP contribution is 2.48. The van der Waals surface area contributed by atoms with Crippen molar-refractivity contribution in [2.24, 2.45) is 0 Å². The lowest BCUT2D eigenvalue weighted by Gasteiger charge is -2.45. The van der Waals surface area contributed by atoms with E-state index in [9.17, 15) is 0 Å². The van der Waals surface area contributed by atoms with Gasteiger partial charge in [0.15, 0.2) is 0 Å². The summed E-state index contributed by atoms with van der Waals surface area (Å²) in [4.78, 5) is 15.1. The van der Waals surface area contributed by atoms with E-state index in [-0.39, 0.29) is 6.71 Å². The molecule has 3 aromatic heterocycles. The van der Waals surface area contributed by atoms with E-state index < -0.39 is 0 Å². The van der Waals surface area contributed by atoms with Crippen LogP contribution >= 0.6 is 0 Å². The first-order valence-electron chi connectivity index (χ1n) is 21.6. The molecule has 0 spiro atoms. The fraction of sp³-hybridized carbons (Fsp3) is 0.107. The van der Waals surface area contributed by atoms with Crippen molar-refractivity contribution in [1.29, 1.82) is 0 Å². The highest BCUT2D eigenvalue weighted by atomic mass is 15.2. The number of para-hydroxylation sites is 1. The van der Waals surface area contributed by atoms with Gasteiger partial charge in [0.2, 0.25) is 0 Å². The van der Waals surface area contributed by atoms with Gasteiger partial charge in [0, 0.05) is 56.9 Å². The summed E-state index contributed by atoms with van der Waals surface area (Å²) in [5, 5.41) is 4.74. The Morgan fingerprint density at radius 2 is 1.06 bits per heavy atom. The Morgan fingerprint density at radius 3 is 1.76 bits per heavy atom. The fourth-order valence-electron chi connectivity index (χ4n) is 11.2. The van der Waals surface area contributed by atoms with Crippen molar-refractivity contribution in [2.75, 3.05) is 9.80 Å². The number of rotatable bonds is 4. The second-order valence-corrected chi connectivity index (χ2v) is 17.4. The van der Waals surface area contributed by atoms with Crippen LogP contribution in [-0.2, 0) is 0 Å². The van der Waals surface area contributed by atoms with E-state index in [4.69, 9.17) is 9.97 Å². The van der Waals surface area contributed by atoms with E-state index in [1.54, 1.807) is 0 Å². The number of anilines is 6. The molecule has 0 atom stereocenters. The van der Waals surface area contributed by atoms with Crippen LogP contribution in [-0.4, -0.2) is 21.2 Å². The molecule has 0 aliphatic carbocycles. The van der Waals surface area contributed by atoms with Gasteiger partial charge in [0.1, 0.15) is 5.82 Å². The molecule has 2 aliphatic rings. The van der Waals surface area contributed by atoms with Gasteiger partial charge in [-0.25, -0.2) is 4.98 Å². The standard InChI is InChI=1S/C56H44BN5/c1-33-26-35(3)55(36(4)27-33)61-47-22-21-40(54-41-15-8-7-14-39(41)23-25-59-54)30-44(47)57-45-32-50-43(42-16-9-10-17-46(42)60(50)52-20-11-12-24-58-52)31-51(45)62(49-19-13-18-48(61)53(49)57)56-37(5)28-34(2)29-38(56)6/h7-32H,1-6H3. The number of pyridine rings is 2. The maximum atomic E-state index is 5.07. The zero-order chi connectivity index (χ0) is 42.0. The van der Waals surface area contributed by atoms with Crippen LogP contribution in [0.2, 0.25) is 0 Å². The molecule has 0 unspecified atom stereocenters. The van der Waals surface area contributed by atoms with Gasteiger partial charge in [-0.15, -0.1) is 0 Å². The first-order chi connectivity index (χ1) is 30.2. The second kappa shape index (κ2) is 13.5. The van der Waals surface area contributed by atoms with Gasteiger partial charge in [0.05, 0.1) is 28.1 Å². The molecule has 0 amide bonds. The molecule has 296 valence electrons. The molecule has 10 aromatic rings. The summed E-state index contributed by atoms with van der Waals surface area (Å²) in [7, 11) is 0. The molecule has 0 fully saturated rings. The largest absolute Gasteiger partial charge is 0.311 e. The van der Waals surface area contributed by atoms with Gasteiger partial charge in [-0.05, 0) is 140 Å². The average molecular weight is 798 g/mol. The molecule has 0 N–H and O–H groups in total. The molecule has 0 bridgehead atoms. The van der Waals surface area contributed by atoms with Crippen LogP contribution in [0, 0.1) is 41.5 Å². The average Bonchev–Trinajstić information content (AvgIpc) is 3.59. The van der Waals surface area contributed by atoms with Crippen LogP contribution in [0.1, 0.15) is 33.4 Å². The van der Waals surface area contributed by atoms with E-state index >= 15 is 0 Å². The number of nitrogens with zero attached hydrogens (tertiary/aromatic N) is 5. The summed E-state index contributed by atoms with van der Waals surface area (Å²) in [5.41, 5.74) is 23.0. The molecule has 7 aromatic carbocycles. The molecule has 5 heterocycles. The maximum absolute atomic E-state index is 5.07. The Hall–Kier alpha value is -7.44. The van der Waals surface area contributed by atoms with Gasteiger partial charge in [0.25, 0.3) is 6.71 Å². The third kappa shape index (κ3) is 5.22. The SMILES string of the molecule is Cc1cc(C)c(N2c3ccc(-c4nccc5ccccc45)cc3B3c4cc5c(cc4N(c4c(C)cc(C)cc4C)c4cccc2c43)c2ccccc2n5-c2ccccn2)c(C)c1. The molecule has 0 saturated carbocycles. The maximum Gasteiger partial charge on any atom is 0.252 e. The van der Waals surface area contributed by atoms with Crippen molar-refractivity contribution in [2.45, 2.75) is 41.5 Å². The number of fused-ring (bicyclic) bond motifs is 8. The number of aromatic nitrogens is 3. The lowest BCUT2D eigenvalue weighted by atomic mass is 9.33. The van der Waals surface area contributed by atoms with Crippen LogP contribution < -0.4 is 26.2 Å². The highest BCUT2D eigenvalue weighted by Gasteiger charge is 2.44. The Labute approximate surface area is 362 Å². The predicted molar refractivity (Wildman–Crippen MR) is 262 cm³/mol. The molecular formula is C56H44BN5. The van der Waals surface area contributed by atoms with Crippen LogP contribution in [0.4, 0.5) is 34.1 Å². The van der Waals surface area contributed by atoms with Crippen molar-refractivity contribution in [3.63, 3.8) is 0 Å². The zero-order valence-electron chi connectivity index (χ0n) is 35.8. The summed E-state index contributed by atoms with van der Waals surface area (Å²) in [6.45, 7) is 13.4. The Morgan fingerprint density at radius 1 is 0.435 bits per heavy atom. The van der Waals surface area contributed by atoms with Crippen LogP contribution in [0.25, 0.3) is 49.7 Å². The van der Waals surface area contributed by atoms with E-state index in [1.165, 1.54) is 100 Å². The number of aryl methyl sites for hydroxylation is 6.